The van der Waals surface area contributed by atoms with Crippen molar-refractivity contribution in [1.82, 2.24) is 34.1 Å². The quantitative estimate of drug-likeness (QED) is 0.127. The fourth-order valence-electron chi connectivity index (χ4n) is 5.01. The van der Waals surface area contributed by atoms with Crippen LogP contribution in [0.2, 0.25) is 0 Å². The zero-order chi connectivity index (χ0) is 30.0. The van der Waals surface area contributed by atoms with Crippen LogP contribution in [0.3, 0.4) is 0 Å². The molecule has 0 saturated carbocycles. The first-order chi connectivity index (χ1) is 20.0. The maximum absolute atomic E-state index is 15.8. The molecule has 2 aliphatic rings. The molecule has 2 aliphatic heterocycles. The van der Waals surface area contributed by atoms with E-state index in [-0.39, 0.29) is 28.6 Å². The number of hydrogen-bond acceptors (Lipinski definition) is 14. The van der Waals surface area contributed by atoms with E-state index in [2.05, 4.69) is 24.9 Å². The molecule has 0 aliphatic carbocycles. The van der Waals surface area contributed by atoms with Crippen LogP contribution in [0.4, 0.5) is 20.5 Å². The predicted octanol–water partition coefficient (Wildman–Crippen LogP) is -1.04. The second kappa shape index (κ2) is 10.5. The largest absolute Gasteiger partial charge is 0.394 e. The van der Waals surface area contributed by atoms with Crippen molar-refractivity contribution in [1.29, 1.82) is 0 Å². The number of aliphatic hydroxyl groups is 2. The van der Waals surface area contributed by atoms with Crippen molar-refractivity contribution < 1.29 is 42.4 Å². The number of hydrogen-bond donors (Lipinski definition) is 6. The fourth-order valence-corrected chi connectivity index (χ4v) is 6.61. The summed E-state index contributed by atoms with van der Waals surface area (Å²) in [7, 11) is 0. The van der Waals surface area contributed by atoms with Gasteiger partial charge in [0.05, 0.1) is 31.5 Å². The molecule has 0 amide bonds. The summed E-state index contributed by atoms with van der Waals surface area (Å²) in [5.41, 5.74) is 8.25. The Morgan fingerprint density at radius 1 is 1.26 bits per heavy atom. The van der Waals surface area contributed by atoms with E-state index in [1.165, 1.54) is 17.1 Å². The highest BCUT2D eigenvalue weighted by Gasteiger charge is 2.57. The topological polar surface area (TPSA) is 244 Å². The summed E-state index contributed by atoms with van der Waals surface area (Å²) in [6.07, 6.45) is -6.30. The average Bonchev–Trinajstić information content (AvgIpc) is 3.70. The Bertz CT molecular complexity index is 1760. The molecule has 1 unspecified atom stereocenters. The minimum atomic E-state index is -4.47. The van der Waals surface area contributed by atoms with Gasteiger partial charge in [-0.2, -0.15) is 4.98 Å². The molecule has 6 rings (SSSR count). The van der Waals surface area contributed by atoms with Gasteiger partial charge in [0, 0.05) is 6.20 Å². The lowest BCUT2D eigenvalue weighted by molar-refractivity contribution is -0.0778. The van der Waals surface area contributed by atoms with Gasteiger partial charge in [-0.15, -0.1) is 0 Å². The number of fused-ring (bicyclic) bond motifs is 2. The third-order valence-corrected chi connectivity index (χ3v) is 8.62. The van der Waals surface area contributed by atoms with Crippen LogP contribution in [-0.2, 0) is 36.1 Å². The number of H-pyrrole nitrogens is 1. The standard InChI is InChI=1S/C21H24F2N9O8PS/c22-11-13(34)10(39-19(11)31-2-1-8-15(24)26-6-27-16(8)31)4-38-41(36,42)40-21(5-37-9(3-33)14(21)23)32-7-28-12-17(32)29-20(25)30-18(12)35/h1-2,6-7,9-11,13-14,19,33-34H,3-5H2,(H,36,42)(H2,24,26,27)(H3,25,29,30,35)/t9-,10-,11+,13-,14+,19-,21+,41?/m1/s1. The monoisotopic (exact) mass is 631 g/mol. The summed E-state index contributed by atoms with van der Waals surface area (Å²) in [6, 6.07) is 1.56. The molecule has 4 aromatic rings. The second-order valence-electron chi connectivity index (χ2n) is 9.59. The Balaban J connectivity index is 1.25. The molecule has 0 radical (unpaired) electrons. The number of aromatic amines is 1. The second-order valence-corrected chi connectivity index (χ2v) is 12.4. The number of alkyl halides is 2. The van der Waals surface area contributed by atoms with E-state index >= 15 is 8.78 Å². The van der Waals surface area contributed by atoms with Crippen LogP contribution in [0.1, 0.15) is 6.23 Å². The van der Waals surface area contributed by atoms with Crippen LogP contribution in [0, 0.1) is 0 Å². The summed E-state index contributed by atoms with van der Waals surface area (Å²) >= 11 is 5.14. The zero-order valence-electron chi connectivity index (χ0n) is 21.2. The Hall–Kier alpha value is -3.20. The smallest absolute Gasteiger partial charge is 0.326 e. The van der Waals surface area contributed by atoms with E-state index < -0.39 is 74.7 Å². The van der Waals surface area contributed by atoms with Crippen molar-refractivity contribution in [3.63, 3.8) is 0 Å². The molecular formula is C21H24F2N9O8PS. The van der Waals surface area contributed by atoms with Gasteiger partial charge in [-0.05, 0) is 17.9 Å². The molecule has 0 spiro atoms. The molecule has 2 fully saturated rings. The first-order valence-corrected chi connectivity index (χ1v) is 14.9. The number of aromatic nitrogens is 7. The Kier molecular flexibility index (Phi) is 7.23. The average molecular weight is 632 g/mol. The number of anilines is 2. The molecule has 17 nitrogen and oxygen atoms in total. The number of nitrogens with zero attached hydrogens (tertiary/aromatic N) is 6. The van der Waals surface area contributed by atoms with Crippen molar-refractivity contribution in [3.05, 3.63) is 35.3 Å². The number of aliphatic hydroxyl groups excluding tert-OH is 2. The molecule has 2 saturated heterocycles. The first-order valence-electron chi connectivity index (χ1n) is 12.3. The van der Waals surface area contributed by atoms with Crippen LogP contribution >= 0.6 is 6.72 Å². The van der Waals surface area contributed by atoms with Crippen molar-refractivity contribution in [3.8, 4) is 0 Å². The Morgan fingerprint density at radius 2 is 2.05 bits per heavy atom. The molecule has 226 valence electrons. The van der Waals surface area contributed by atoms with Crippen molar-refractivity contribution in [2.75, 3.05) is 31.3 Å². The van der Waals surface area contributed by atoms with E-state index in [1.54, 1.807) is 6.07 Å². The number of nitrogens with one attached hydrogen (secondary N) is 1. The maximum atomic E-state index is 15.8. The normalized spacial score (nSPS) is 31.3. The number of nitrogens with two attached hydrogens (primary N) is 2. The SMILES string of the molecule is Nc1nc2c(ncn2[C@]2(OP(O)(=S)OC[C@H]3O[C@@H](n4ccc5c(N)ncnc54)[C@@H](F)[C@@H]3O)CO[C@H](CO)[C@@H]2F)c(=O)[nH]1. The summed E-state index contributed by atoms with van der Waals surface area (Å²) in [5.74, 6) is -0.150. The van der Waals surface area contributed by atoms with E-state index in [0.29, 0.717) is 5.39 Å². The van der Waals surface area contributed by atoms with Crippen molar-refractivity contribution in [2.24, 2.45) is 0 Å². The van der Waals surface area contributed by atoms with Crippen LogP contribution < -0.4 is 17.0 Å². The van der Waals surface area contributed by atoms with E-state index in [4.69, 9.17) is 41.8 Å². The summed E-state index contributed by atoms with van der Waals surface area (Å²) < 4.78 is 55.4. The highest BCUT2D eigenvalue weighted by atomic mass is 32.5. The van der Waals surface area contributed by atoms with Gasteiger partial charge in [0.1, 0.15) is 36.1 Å². The number of halogens is 2. The van der Waals surface area contributed by atoms with Gasteiger partial charge < -0.3 is 45.1 Å². The summed E-state index contributed by atoms with van der Waals surface area (Å²) in [5, 5.41) is 20.6. The predicted molar refractivity (Wildman–Crippen MR) is 143 cm³/mol. The number of rotatable bonds is 8. The van der Waals surface area contributed by atoms with Crippen molar-refractivity contribution >= 4 is 52.5 Å². The first kappa shape index (κ1) is 28.9. The summed E-state index contributed by atoms with van der Waals surface area (Å²) in [4.78, 5) is 41.5. The van der Waals surface area contributed by atoms with Gasteiger partial charge in [0.25, 0.3) is 5.56 Å². The minimum absolute atomic E-state index is 0.165. The third-order valence-electron chi connectivity index (χ3n) is 7.06. The molecule has 42 heavy (non-hydrogen) atoms. The fraction of sp³-hybridized carbons (Fsp3) is 0.476. The molecule has 21 heteroatoms. The Labute approximate surface area is 238 Å². The van der Waals surface area contributed by atoms with Crippen molar-refractivity contribution in [2.45, 2.75) is 42.6 Å². The van der Waals surface area contributed by atoms with Crippen LogP contribution in [0.15, 0.2) is 29.7 Å². The van der Waals surface area contributed by atoms with Gasteiger partial charge in [0.15, 0.2) is 29.7 Å². The highest BCUT2D eigenvalue weighted by molar-refractivity contribution is 8.07. The highest BCUT2D eigenvalue weighted by Crippen LogP contribution is 2.54. The number of ether oxygens (including phenoxy) is 2. The van der Waals surface area contributed by atoms with Crippen LogP contribution in [0.5, 0.6) is 0 Å². The third kappa shape index (κ3) is 4.64. The van der Waals surface area contributed by atoms with Crippen LogP contribution in [0.25, 0.3) is 22.2 Å². The van der Waals surface area contributed by atoms with Gasteiger partial charge in [-0.25, -0.2) is 23.7 Å². The number of nitrogen functional groups attached to an aromatic ring is 2. The van der Waals surface area contributed by atoms with Gasteiger partial charge in [-0.1, -0.05) is 0 Å². The molecule has 0 bridgehead atoms. The molecule has 4 aromatic heterocycles. The van der Waals surface area contributed by atoms with Crippen LogP contribution in [-0.4, -0.2) is 99.6 Å². The van der Waals surface area contributed by atoms with Gasteiger partial charge in [0.2, 0.25) is 11.7 Å². The van der Waals surface area contributed by atoms with E-state index in [0.717, 1.165) is 10.9 Å². The molecular weight excluding hydrogens is 607 g/mol. The van der Waals surface area contributed by atoms with Gasteiger partial charge >= 0.3 is 6.72 Å². The molecule has 8 atom stereocenters. The minimum Gasteiger partial charge on any atom is -0.394 e. The lowest BCUT2D eigenvalue weighted by Crippen LogP contribution is -2.46. The van der Waals surface area contributed by atoms with E-state index in [9.17, 15) is 19.9 Å². The molecule has 6 heterocycles. The molecule has 8 N–H and O–H groups in total. The summed E-state index contributed by atoms with van der Waals surface area (Å²) in [6.45, 7) is -6.53. The molecule has 0 aromatic carbocycles. The van der Waals surface area contributed by atoms with Gasteiger partial charge in [-0.3, -0.25) is 18.9 Å². The maximum Gasteiger partial charge on any atom is 0.326 e. The zero-order valence-corrected chi connectivity index (χ0v) is 22.9. The lowest BCUT2D eigenvalue weighted by Gasteiger charge is -2.34. The lowest BCUT2D eigenvalue weighted by atomic mass is 10.1. The number of imidazole rings is 1. The van der Waals surface area contributed by atoms with E-state index in [1.807, 2.05) is 0 Å². The Morgan fingerprint density at radius 3 is 2.79 bits per heavy atom.